The predicted octanol–water partition coefficient (Wildman–Crippen LogP) is 2.41. The predicted molar refractivity (Wildman–Crippen MR) is 98.0 cm³/mol. The molecule has 1 aromatic carbocycles. The van der Waals surface area contributed by atoms with Gasteiger partial charge >= 0.3 is 0 Å². The van der Waals surface area contributed by atoms with Crippen molar-refractivity contribution in [3.8, 4) is 0 Å². The average molecular weight is 352 g/mol. The van der Waals surface area contributed by atoms with Crippen molar-refractivity contribution in [2.45, 2.75) is 45.2 Å². The van der Waals surface area contributed by atoms with Crippen molar-refractivity contribution in [1.82, 2.24) is 20.2 Å². The molecule has 1 N–H and O–H groups in total. The van der Waals surface area contributed by atoms with E-state index in [2.05, 4.69) is 15.3 Å². The Morgan fingerprint density at radius 2 is 2.04 bits per heavy atom. The van der Waals surface area contributed by atoms with E-state index in [-0.39, 0.29) is 17.9 Å². The lowest BCUT2D eigenvalue weighted by Crippen LogP contribution is -2.29. The number of nitrogens with one attached hydrogen (secondary N) is 1. The summed E-state index contributed by atoms with van der Waals surface area (Å²) in [6.45, 7) is 2.70. The molecule has 0 saturated carbocycles. The summed E-state index contributed by atoms with van der Waals surface area (Å²) in [6, 6.07) is 9.94. The van der Waals surface area contributed by atoms with Gasteiger partial charge in [0.15, 0.2) is 0 Å². The summed E-state index contributed by atoms with van der Waals surface area (Å²) in [5, 5.41) is 2.90. The number of carbonyl (C=O) groups is 2. The first-order chi connectivity index (χ1) is 12.6. The van der Waals surface area contributed by atoms with E-state index in [1.54, 1.807) is 19.3 Å². The highest BCUT2D eigenvalue weighted by Crippen LogP contribution is 2.30. The first-order valence-corrected chi connectivity index (χ1v) is 9.02. The average Bonchev–Trinajstić information content (AvgIpc) is 3.16. The van der Waals surface area contributed by atoms with Crippen LogP contribution in [0.2, 0.25) is 0 Å². The molecular formula is C20H24N4O2. The van der Waals surface area contributed by atoms with Crippen LogP contribution in [0.1, 0.15) is 49.2 Å². The second-order valence-electron chi connectivity index (χ2n) is 6.57. The summed E-state index contributed by atoms with van der Waals surface area (Å²) in [7, 11) is 0. The SMILES string of the molecule is CC(=O)N1CCC[C@@H]1c1cncc(CNC(=O)CCc2ccccc2)n1. The second kappa shape index (κ2) is 8.56. The Kier molecular flexibility index (Phi) is 5.94. The number of hydrogen-bond donors (Lipinski definition) is 1. The quantitative estimate of drug-likeness (QED) is 0.866. The molecule has 0 aliphatic carbocycles. The van der Waals surface area contributed by atoms with Crippen LogP contribution in [-0.2, 0) is 22.6 Å². The standard InChI is InChI=1S/C20H24N4O2/c1-15(25)24-11-5-8-19(24)18-14-21-12-17(23-18)13-22-20(26)10-9-16-6-3-2-4-7-16/h2-4,6-7,12,14,19H,5,8-11,13H2,1H3,(H,22,26)/t19-/m1/s1. The summed E-state index contributed by atoms with van der Waals surface area (Å²) in [4.78, 5) is 34.5. The molecule has 136 valence electrons. The van der Waals surface area contributed by atoms with Gasteiger partial charge in [-0.2, -0.15) is 0 Å². The van der Waals surface area contributed by atoms with Crippen LogP contribution in [0.25, 0.3) is 0 Å². The Labute approximate surface area is 153 Å². The molecule has 0 radical (unpaired) electrons. The van der Waals surface area contributed by atoms with Crippen molar-refractivity contribution in [2.24, 2.45) is 0 Å². The van der Waals surface area contributed by atoms with E-state index in [0.29, 0.717) is 25.1 Å². The summed E-state index contributed by atoms with van der Waals surface area (Å²) in [5.74, 6) is 0.0567. The van der Waals surface area contributed by atoms with Gasteiger partial charge in [-0.15, -0.1) is 0 Å². The third kappa shape index (κ3) is 4.65. The molecule has 1 aromatic heterocycles. The molecule has 2 aromatic rings. The molecule has 1 saturated heterocycles. The van der Waals surface area contributed by atoms with E-state index in [4.69, 9.17) is 0 Å². The van der Waals surface area contributed by atoms with E-state index in [1.165, 1.54) is 0 Å². The highest BCUT2D eigenvalue weighted by molar-refractivity contribution is 5.76. The zero-order valence-electron chi connectivity index (χ0n) is 15.0. The van der Waals surface area contributed by atoms with Gasteiger partial charge in [0, 0.05) is 19.9 Å². The van der Waals surface area contributed by atoms with Gasteiger partial charge in [0.05, 0.1) is 36.4 Å². The van der Waals surface area contributed by atoms with Crippen LogP contribution in [0, 0.1) is 0 Å². The van der Waals surface area contributed by atoms with E-state index >= 15 is 0 Å². The minimum atomic E-state index is -0.00714. The summed E-state index contributed by atoms with van der Waals surface area (Å²) >= 11 is 0. The number of nitrogens with zero attached hydrogens (tertiary/aromatic N) is 3. The van der Waals surface area contributed by atoms with Crippen molar-refractivity contribution >= 4 is 11.8 Å². The fourth-order valence-electron chi connectivity index (χ4n) is 3.30. The lowest BCUT2D eigenvalue weighted by molar-refractivity contribution is -0.129. The molecule has 1 aliphatic heterocycles. The van der Waals surface area contributed by atoms with E-state index in [9.17, 15) is 9.59 Å². The number of likely N-dealkylation sites (tertiary alicyclic amines) is 1. The van der Waals surface area contributed by atoms with Crippen molar-refractivity contribution in [1.29, 1.82) is 0 Å². The monoisotopic (exact) mass is 352 g/mol. The summed E-state index contributed by atoms with van der Waals surface area (Å²) in [5.41, 5.74) is 2.66. The zero-order valence-corrected chi connectivity index (χ0v) is 15.0. The van der Waals surface area contributed by atoms with Gasteiger partial charge in [0.25, 0.3) is 0 Å². The zero-order chi connectivity index (χ0) is 18.4. The Morgan fingerprint density at radius 1 is 1.23 bits per heavy atom. The maximum atomic E-state index is 12.1. The van der Waals surface area contributed by atoms with Crippen molar-refractivity contribution in [2.75, 3.05) is 6.54 Å². The van der Waals surface area contributed by atoms with Crippen LogP contribution in [0.5, 0.6) is 0 Å². The first-order valence-electron chi connectivity index (χ1n) is 9.02. The van der Waals surface area contributed by atoms with Crippen LogP contribution >= 0.6 is 0 Å². The number of aryl methyl sites for hydroxylation is 1. The van der Waals surface area contributed by atoms with E-state index in [1.807, 2.05) is 35.2 Å². The maximum Gasteiger partial charge on any atom is 0.220 e. The summed E-state index contributed by atoms with van der Waals surface area (Å²) < 4.78 is 0. The lowest BCUT2D eigenvalue weighted by Gasteiger charge is -2.22. The summed E-state index contributed by atoms with van der Waals surface area (Å²) in [6.07, 6.45) is 6.42. The molecule has 0 unspecified atom stereocenters. The first kappa shape index (κ1) is 18.0. The van der Waals surface area contributed by atoms with Crippen molar-refractivity contribution in [3.63, 3.8) is 0 Å². The van der Waals surface area contributed by atoms with Gasteiger partial charge in [0.1, 0.15) is 0 Å². The van der Waals surface area contributed by atoms with Gasteiger partial charge < -0.3 is 10.2 Å². The molecule has 1 aliphatic rings. The Morgan fingerprint density at radius 3 is 2.81 bits per heavy atom. The van der Waals surface area contributed by atoms with E-state index < -0.39 is 0 Å². The molecule has 1 atom stereocenters. The third-order valence-corrected chi connectivity index (χ3v) is 4.65. The lowest BCUT2D eigenvalue weighted by atomic mass is 10.1. The molecule has 0 spiro atoms. The highest BCUT2D eigenvalue weighted by atomic mass is 16.2. The normalized spacial score (nSPS) is 16.5. The second-order valence-corrected chi connectivity index (χ2v) is 6.57. The van der Waals surface area contributed by atoms with Crippen LogP contribution in [0.4, 0.5) is 0 Å². The Hall–Kier alpha value is -2.76. The van der Waals surface area contributed by atoms with Crippen LogP contribution in [0.15, 0.2) is 42.7 Å². The van der Waals surface area contributed by atoms with Gasteiger partial charge in [-0.3, -0.25) is 19.6 Å². The molecule has 2 amide bonds. The molecule has 3 rings (SSSR count). The maximum absolute atomic E-state index is 12.1. The fourth-order valence-corrected chi connectivity index (χ4v) is 3.30. The molecule has 6 nitrogen and oxygen atoms in total. The molecule has 0 bridgehead atoms. The molecule has 26 heavy (non-hydrogen) atoms. The largest absolute Gasteiger partial charge is 0.350 e. The van der Waals surface area contributed by atoms with Gasteiger partial charge in [-0.05, 0) is 24.8 Å². The number of benzene rings is 1. The van der Waals surface area contributed by atoms with Crippen LogP contribution in [-0.4, -0.2) is 33.2 Å². The molecular weight excluding hydrogens is 328 g/mol. The number of hydrogen-bond acceptors (Lipinski definition) is 4. The Bertz CT molecular complexity index is 763. The number of amides is 2. The number of rotatable bonds is 6. The van der Waals surface area contributed by atoms with Crippen LogP contribution in [0.3, 0.4) is 0 Å². The topological polar surface area (TPSA) is 75.2 Å². The minimum absolute atomic E-state index is 0.00580. The molecule has 6 heteroatoms. The van der Waals surface area contributed by atoms with Crippen molar-refractivity contribution in [3.05, 3.63) is 59.7 Å². The van der Waals surface area contributed by atoms with E-state index in [0.717, 1.165) is 30.6 Å². The van der Waals surface area contributed by atoms with Gasteiger partial charge in [0.2, 0.25) is 11.8 Å². The Balaban J connectivity index is 1.54. The van der Waals surface area contributed by atoms with Gasteiger partial charge in [-0.25, -0.2) is 0 Å². The number of carbonyl (C=O) groups excluding carboxylic acids is 2. The third-order valence-electron chi connectivity index (χ3n) is 4.65. The van der Waals surface area contributed by atoms with Gasteiger partial charge in [-0.1, -0.05) is 30.3 Å². The number of aromatic nitrogens is 2. The fraction of sp³-hybridized carbons (Fsp3) is 0.400. The molecule has 1 fully saturated rings. The van der Waals surface area contributed by atoms with Crippen LogP contribution < -0.4 is 5.32 Å². The smallest absolute Gasteiger partial charge is 0.220 e. The minimum Gasteiger partial charge on any atom is -0.350 e. The highest BCUT2D eigenvalue weighted by Gasteiger charge is 2.29. The molecule has 2 heterocycles. The van der Waals surface area contributed by atoms with Crippen molar-refractivity contribution < 1.29 is 9.59 Å².